The first-order valence-electron chi connectivity index (χ1n) is 7.85. The second-order valence-corrected chi connectivity index (χ2v) is 6.91. The Bertz CT molecular complexity index is 569. The third kappa shape index (κ3) is 4.21. The quantitative estimate of drug-likeness (QED) is 0.867. The number of amides is 1. The first-order valence-corrected chi connectivity index (χ1v) is 7.85. The van der Waals surface area contributed by atoms with E-state index in [0.717, 1.165) is 30.9 Å². The van der Waals surface area contributed by atoms with Gasteiger partial charge in [0.25, 0.3) is 0 Å². The van der Waals surface area contributed by atoms with Crippen molar-refractivity contribution in [3.05, 3.63) is 18.2 Å². The van der Waals surface area contributed by atoms with E-state index in [4.69, 9.17) is 15.2 Å². The summed E-state index contributed by atoms with van der Waals surface area (Å²) in [5.74, 6) is 0.755. The molecular weight excluding hydrogens is 294 g/mol. The molecule has 1 saturated heterocycles. The Balaban J connectivity index is 2.05. The summed E-state index contributed by atoms with van der Waals surface area (Å²) in [4.78, 5) is 16.1. The molecule has 0 bridgehead atoms. The van der Waals surface area contributed by atoms with Crippen LogP contribution in [0.3, 0.4) is 0 Å². The van der Waals surface area contributed by atoms with Crippen LogP contribution in [0.5, 0.6) is 5.75 Å². The molecule has 2 rings (SSSR count). The molecule has 1 aromatic rings. The van der Waals surface area contributed by atoms with Crippen LogP contribution in [-0.2, 0) is 4.74 Å². The number of methoxy groups -OCH3 is 1. The van der Waals surface area contributed by atoms with Gasteiger partial charge in [-0.3, -0.25) is 0 Å². The number of nitrogen functional groups attached to an aromatic ring is 1. The Kier molecular flexibility index (Phi) is 4.92. The number of nitrogens with two attached hydrogens (primary N) is 1. The van der Waals surface area contributed by atoms with Crippen molar-refractivity contribution in [1.29, 1.82) is 0 Å². The largest absolute Gasteiger partial charge is 0.495 e. The number of carbonyl (C=O) groups is 1. The third-order valence-electron chi connectivity index (χ3n) is 3.94. The predicted molar refractivity (Wildman–Crippen MR) is 92.0 cm³/mol. The Morgan fingerprint density at radius 2 is 2.09 bits per heavy atom. The average molecular weight is 321 g/mol. The summed E-state index contributed by atoms with van der Waals surface area (Å²) in [6, 6.07) is 5.76. The minimum Gasteiger partial charge on any atom is -0.495 e. The fourth-order valence-corrected chi connectivity index (χ4v) is 2.72. The number of nitrogens with zero attached hydrogens (tertiary/aromatic N) is 2. The standard InChI is InChI=1S/C17H27N3O3/c1-17(2,3)23-16(21)19(4)13-8-9-20(11-13)14-7-6-12(18)10-15(14)22-5/h6-7,10,13H,8-9,11,18H2,1-5H3/t13-/m0/s1. The number of anilines is 2. The molecule has 1 aliphatic heterocycles. The van der Waals surface area contributed by atoms with Crippen LogP contribution in [-0.4, -0.2) is 49.9 Å². The van der Waals surface area contributed by atoms with Crippen LogP contribution in [0.1, 0.15) is 27.2 Å². The number of benzene rings is 1. The van der Waals surface area contributed by atoms with Crippen LogP contribution in [0.25, 0.3) is 0 Å². The van der Waals surface area contributed by atoms with E-state index in [1.54, 1.807) is 19.1 Å². The van der Waals surface area contributed by atoms with Crippen LogP contribution in [0, 0.1) is 0 Å². The van der Waals surface area contributed by atoms with Crippen LogP contribution >= 0.6 is 0 Å². The molecule has 0 aromatic heterocycles. The Morgan fingerprint density at radius 3 is 2.70 bits per heavy atom. The van der Waals surface area contributed by atoms with E-state index >= 15 is 0 Å². The van der Waals surface area contributed by atoms with Crippen LogP contribution < -0.4 is 15.4 Å². The highest BCUT2D eigenvalue weighted by atomic mass is 16.6. The van der Waals surface area contributed by atoms with Crippen LogP contribution in [0.2, 0.25) is 0 Å². The van der Waals surface area contributed by atoms with Gasteiger partial charge in [-0.05, 0) is 39.3 Å². The fraction of sp³-hybridized carbons (Fsp3) is 0.588. The molecule has 0 spiro atoms. The Labute approximate surface area is 138 Å². The van der Waals surface area contributed by atoms with E-state index in [9.17, 15) is 4.79 Å². The van der Waals surface area contributed by atoms with Gasteiger partial charge in [0.1, 0.15) is 11.4 Å². The molecular formula is C17H27N3O3. The van der Waals surface area contributed by atoms with Crippen molar-refractivity contribution < 1.29 is 14.3 Å². The molecule has 1 heterocycles. The van der Waals surface area contributed by atoms with Crippen molar-refractivity contribution in [3.8, 4) is 5.75 Å². The first-order chi connectivity index (χ1) is 10.7. The topological polar surface area (TPSA) is 68.0 Å². The molecule has 1 amide bonds. The molecule has 0 aliphatic carbocycles. The highest BCUT2D eigenvalue weighted by molar-refractivity contribution is 5.69. The predicted octanol–water partition coefficient (Wildman–Crippen LogP) is 2.72. The van der Waals surface area contributed by atoms with E-state index < -0.39 is 5.60 Å². The average Bonchev–Trinajstić information content (AvgIpc) is 2.93. The molecule has 2 N–H and O–H groups in total. The fourth-order valence-electron chi connectivity index (χ4n) is 2.72. The highest BCUT2D eigenvalue weighted by Gasteiger charge is 2.31. The smallest absolute Gasteiger partial charge is 0.410 e. The van der Waals surface area contributed by atoms with Gasteiger partial charge in [0.15, 0.2) is 0 Å². The lowest BCUT2D eigenvalue weighted by atomic mass is 10.2. The van der Waals surface area contributed by atoms with Crippen molar-refractivity contribution >= 4 is 17.5 Å². The van der Waals surface area contributed by atoms with Gasteiger partial charge < -0.3 is 25.0 Å². The normalized spacial score (nSPS) is 18.0. The summed E-state index contributed by atoms with van der Waals surface area (Å²) in [5.41, 5.74) is 7.00. The number of likely N-dealkylation sites (N-methyl/N-ethyl adjacent to an activating group) is 1. The van der Waals surface area contributed by atoms with E-state index in [0.29, 0.717) is 5.69 Å². The summed E-state index contributed by atoms with van der Waals surface area (Å²) in [7, 11) is 3.43. The lowest BCUT2D eigenvalue weighted by Gasteiger charge is -2.29. The molecule has 0 saturated carbocycles. The lowest BCUT2D eigenvalue weighted by Crippen LogP contribution is -2.42. The summed E-state index contributed by atoms with van der Waals surface area (Å²) in [6.07, 6.45) is 0.608. The molecule has 1 aromatic carbocycles. The van der Waals surface area contributed by atoms with E-state index in [1.165, 1.54) is 0 Å². The Hall–Kier alpha value is -2.11. The van der Waals surface area contributed by atoms with Gasteiger partial charge in [-0.2, -0.15) is 0 Å². The Morgan fingerprint density at radius 1 is 1.39 bits per heavy atom. The number of rotatable bonds is 3. The van der Waals surface area contributed by atoms with Gasteiger partial charge >= 0.3 is 6.09 Å². The van der Waals surface area contributed by atoms with Crippen LogP contribution in [0.15, 0.2) is 18.2 Å². The maximum absolute atomic E-state index is 12.2. The van der Waals surface area contributed by atoms with Gasteiger partial charge in [-0.1, -0.05) is 0 Å². The SMILES string of the molecule is COc1cc(N)ccc1N1CC[C@H](N(C)C(=O)OC(C)(C)C)C1. The second-order valence-electron chi connectivity index (χ2n) is 6.91. The second kappa shape index (κ2) is 6.56. The molecule has 0 unspecified atom stereocenters. The zero-order chi connectivity index (χ0) is 17.2. The minimum absolute atomic E-state index is 0.118. The summed E-state index contributed by atoms with van der Waals surface area (Å²) >= 11 is 0. The monoisotopic (exact) mass is 321 g/mol. The molecule has 0 radical (unpaired) electrons. The summed E-state index contributed by atoms with van der Waals surface area (Å²) in [5, 5.41) is 0. The highest BCUT2D eigenvalue weighted by Crippen LogP contribution is 2.33. The van der Waals surface area contributed by atoms with Crippen molar-refractivity contribution in [2.75, 3.05) is 37.9 Å². The number of hydrogen-bond donors (Lipinski definition) is 1. The summed E-state index contributed by atoms with van der Waals surface area (Å²) in [6.45, 7) is 7.23. The number of carbonyl (C=O) groups excluding carboxylic acids is 1. The first kappa shape index (κ1) is 17.2. The van der Waals surface area contributed by atoms with Crippen LogP contribution in [0.4, 0.5) is 16.2 Å². The van der Waals surface area contributed by atoms with E-state index in [-0.39, 0.29) is 12.1 Å². The molecule has 128 valence electrons. The molecule has 6 nitrogen and oxygen atoms in total. The van der Waals surface area contributed by atoms with Crippen molar-refractivity contribution in [3.63, 3.8) is 0 Å². The number of ether oxygens (including phenoxy) is 2. The molecule has 6 heteroatoms. The molecule has 1 atom stereocenters. The van der Waals surface area contributed by atoms with Gasteiger partial charge in [-0.25, -0.2) is 4.79 Å². The number of hydrogen-bond acceptors (Lipinski definition) is 5. The third-order valence-corrected chi connectivity index (χ3v) is 3.94. The van der Waals surface area contributed by atoms with Crippen molar-refractivity contribution in [2.24, 2.45) is 0 Å². The van der Waals surface area contributed by atoms with Gasteiger partial charge in [0.2, 0.25) is 0 Å². The minimum atomic E-state index is -0.482. The van der Waals surface area contributed by atoms with E-state index in [2.05, 4.69) is 4.90 Å². The van der Waals surface area contributed by atoms with Crippen molar-refractivity contribution in [2.45, 2.75) is 38.8 Å². The molecule has 1 fully saturated rings. The van der Waals surface area contributed by atoms with Gasteiger partial charge in [0.05, 0.1) is 18.8 Å². The molecule has 23 heavy (non-hydrogen) atoms. The molecule has 1 aliphatic rings. The maximum Gasteiger partial charge on any atom is 0.410 e. The summed E-state index contributed by atoms with van der Waals surface area (Å²) < 4.78 is 10.9. The van der Waals surface area contributed by atoms with Crippen molar-refractivity contribution in [1.82, 2.24) is 4.90 Å². The zero-order valence-electron chi connectivity index (χ0n) is 14.6. The van der Waals surface area contributed by atoms with E-state index in [1.807, 2.05) is 39.0 Å². The van der Waals surface area contributed by atoms with Gasteiger partial charge in [0, 0.05) is 31.9 Å². The zero-order valence-corrected chi connectivity index (χ0v) is 14.6. The van der Waals surface area contributed by atoms with Gasteiger partial charge in [-0.15, -0.1) is 0 Å². The lowest BCUT2D eigenvalue weighted by molar-refractivity contribution is 0.0238. The maximum atomic E-state index is 12.2.